The van der Waals surface area contributed by atoms with Crippen molar-refractivity contribution in [2.24, 2.45) is 5.92 Å². The molecule has 4 aromatic rings. The van der Waals surface area contributed by atoms with Gasteiger partial charge in [-0.2, -0.15) is 0 Å². The quantitative estimate of drug-likeness (QED) is 0.300. The van der Waals surface area contributed by atoms with Crippen molar-refractivity contribution in [2.45, 2.75) is 32.4 Å². The Morgan fingerprint density at radius 2 is 1.89 bits per heavy atom. The van der Waals surface area contributed by atoms with Crippen LogP contribution < -0.4 is 20.7 Å². The standard InChI is InChI=1S/C31H33N7O6S/c1-18(2)26-30-36-24(17-45-30)28(41)34-21(13-19-7-5-4-6-8-19)29-35-23(16-44-29)27(40)33-11-12-38(15-25(39)37-26)31(42)22-14-20(43-3)9-10-32-22/h4-10,14,16-18,21,26H,11-13,15H2,1-3H3,(H,33,40)(H,34,41)(H,37,39)/t21-,26-/m0/s1. The summed E-state index contributed by atoms with van der Waals surface area (Å²) in [6, 6.07) is 11.4. The van der Waals surface area contributed by atoms with Gasteiger partial charge in [0.2, 0.25) is 11.8 Å². The first-order valence-electron chi connectivity index (χ1n) is 14.3. The Hall–Kier alpha value is -5.11. The van der Waals surface area contributed by atoms with Gasteiger partial charge < -0.3 is 30.0 Å². The van der Waals surface area contributed by atoms with Crippen LogP contribution in [0.5, 0.6) is 5.75 Å². The van der Waals surface area contributed by atoms with Crippen LogP contribution in [0.3, 0.4) is 0 Å². The van der Waals surface area contributed by atoms with Crippen LogP contribution in [0.25, 0.3) is 0 Å². The van der Waals surface area contributed by atoms with E-state index in [1.165, 1.54) is 41.9 Å². The number of nitrogens with zero attached hydrogens (tertiary/aromatic N) is 4. The largest absolute Gasteiger partial charge is 0.497 e. The highest BCUT2D eigenvalue weighted by molar-refractivity contribution is 7.09. The van der Waals surface area contributed by atoms with Crippen LogP contribution in [-0.4, -0.2) is 70.2 Å². The number of hydrogen-bond donors (Lipinski definition) is 3. The minimum atomic E-state index is -0.699. The number of pyridine rings is 1. The summed E-state index contributed by atoms with van der Waals surface area (Å²) in [5.41, 5.74) is 1.17. The molecule has 0 unspecified atom stereocenters. The van der Waals surface area contributed by atoms with Gasteiger partial charge in [-0.3, -0.25) is 24.2 Å². The fourth-order valence-electron chi connectivity index (χ4n) is 4.74. The van der Waals surface area contributed by atoms with Crippen LogP contribution in [0.15, 0.2) is 64.7 Å². The smallest absolute Gasteiger partial charge is 0.273 e. The van der Waals surface area contributed by atoms with Crippen molar-refractivity contribution >= 4 is 35.0 Å². The summed E-state index contributed by atoms with van der Waals surface area (Å²) in [7, 11) is 1.47. The Kier molecular flexibility index (Phi) is 9.82. The molecule has 3 N–H and O–H groups in total. The molecular formula is C31H33N7O6S. The third kappa shape index (κ3) is 7.70. The highest BCUT2D eigenvalue weighted by Gasteiger charge is 2.28. The summed E-state index contributed by atoms with van der Waals surface area (Å²) >= 11 is 1.25. The summed E-state index contributed by atoms with van der Waals surface area (Å²) in [6.07, 6.45) is 3.01. The van der Waals surface area contributed by atoms with Crippen LogP contribution in [0.4, 0.5) is 0 Å². The van der Waals surface area contributed by atoms with Crippen molar-refractivity contribution < 1.29 is 28.3 Å². The number of aromatic nitrogens is 3. The maximum absolute atomic E-state index is 13.5. The molecule has 1 aliphatic rings. The average molecular weight is 632 g/mol. The van der Waals surface area contributed by atoms with Gasteiger partial charge in [0.15, 0.2) is 5.69 Å². The number of amides is 4. The van der Waals surface area contributed by atoms with Crippen molar-refractivity contribution in [3.05, 3.63) is 93.8 Å². The number of carbonyl (C=O) groups excluding carboxylic acids is 4. The number of methoxy groups -OCH3 is 1. The minimum absolute atomic E-state index is 0.000714. The van der Waals surface area contributed by atoms with E-state index in [0.29, 0.717) is 17.2 Å². The van der Waals surface area contributed by atoms with E-state index in [1.807, 2.05) is 44.2 Å². The van der Waals surface area contributed by atoms with E-state index < -0.39 is 35.7 Å². The van der Waals surface area contributed by atoms with Crippen molar-refractivity contribution in [2.75, 3.05) is 26.7 Å². The lowest BCUT2D eigenvalue weighted by molar-refractivity contribution is -0.122. The van der Waals surface area contributed by atoms with Crippen molar-refractivity contribution in [3.8, 4) is 5.75 Å². The molecule has 0 saturated carbocycles. The molecule has 0 saturated heterocycles. The number of ether oxygens (including phenoxy) is 1. The van der Waals surface area contributed by atoms with E-state index in [2.05, 4.69) is 30.9 Å². The Balaban J connectivity index is 1.47. The van der Waals surface area contributed by atoms with Gasteiger partial charge in [0.25, 0.3) is 17.7 Å². The molecular weight excluding hydrogens is 598 g/mol. The van der Waals surface area contributed by atoms with E-state index in [1.54, 1.807) is 11.4 Å². The summed E-state index contributed by atoms with van der Waals surface area (Å²) < 4.78 is 10.9. The third-order valence-electron chi connectivity index (χ3n) is 7.12. The normalized spacial score (nSPS) is 18.0. The summed E-state index contributed by atoms with van der Waals surface area (Å²) in [6.45, 7) is 3.55. The highest BCUT2D eigenvalue weighted by Crippen LogP contribution is 2.26. The van der Waals surface area contributed by atoms with Gasteiger partial charge in [-0.05, 0) is 17.5 Å². The van der Waals surface area contributed by atoms with E-state index in [4.69, 9.17) is 9.15 Å². The first-order valence-corrected chi connectivity index (χ1v) is 15.2. The maximum atomic E-state index is 13.5. The fourth-order valence-corrected chi connectivity index (χ4v) is 5.76. The molecule has 0 fully saturated rings. The first-order chi connectivity index (χ1) is 21.7. The van der Waals surface area contributed by atoms with Crippen molar-refractivity contribution in [1.82, 2.24) is 35.8 Å². The molecule has 5 rings (SSSR count). The second-order valence-corrected chi connectivity index (χ2v) is 11.6. The second kappa shape index (κ2) is 14.1. The molecule has 4 bridgehead atoms. The van der Waals surface area contributed by atoms with Crippen LogP contribution in [-0.2, 0) is 11.2 Å². The zero-order chi connectivity index (χ0) is 31.9. The molecule has 0 radical (unpaired) electrons. The molecule has 1 aliphatic heterocycles. The SMILES string of the molecule is COc1ccnc(C(=O)N2CCNC(=O)c3coc(n3)[C@H](Cc3ccccc3)NC(=O)c3csc(n3)[C@H](C(C)C)NC(=O)C2)c1. The van der Waals surface area contributed by atoms with Crippen LogP contribution in [0.2, 0.25) is 0 Å². The lowest BCUT2D eigenvalue weighted by Crippen LogP contribution is -2.45. The average Bonchev–Trinajstić information content (AvgIpc) is 3.74. The molecule has 2 atom stereocenters. The van der Waals surface area contributed by atoms with E-state index >= 15 is 0 Å². The Bertz CT molecular complexity index is 1670. The number of fused-ring (bicyclic) bond motifs is 4. The predicted octanol–water partition coefficient (Wildman–Crippen LogP) is 2.95. The van der Waals surface area contributed by atoms with Gasteiger partial charge in [-0.15, -0.1) is 11.3 Å². The lowest BCUT2D eigenvalue weighted by atomic mass is 10.0. The van der Waals surface area contributed by atoms with Gasteiger partial charge >= 0.3 is 0 Å². The molecule has 234 valence electrons. The highest BCUT2D eigenvalue weighted by atomic mass is 32.1. The Labute approximate surface area is 263 Å². The number of carbonyl (C=O) groups is 4. The summed E-state index contributed by atoms with van der Waals surface area (Å²) in [5, 5.41) is 10.8. The fraction of sp³-hybridized carbons (Fsp3) is 0.323. The number of hydrogen-bond acceptors (Lipinski definition) is 10. The van der Waals surface area contributed by atoms with Gasteiger partial charge in [-0.25, -0.2) is 9.97 Å². The second-order valence-electron chi connectivity index (χ2n) is 10.7. The minimum Gasteiger partial charge on any atom is -0.497 e. The molecule has 0 spiro atoms. The monoisotopic (exact) mass is 631 g/mol. The summed E-state index contributed by atoms with van der Waals surface area (Å²) in [4.78, 5) is 67.6. The molecule has 14 heteroatoms. The topological polar surface area (TPSA) is 169 Å². The van der Waals surface area contributed by atoms with Crippen LogP contribution >= 0.6 is 11.3 Å². The zero-order valence-electron chi connectivity index (χ0n) is 25.0. The van der Waals surface area contributed by atoms with E-state index in [9.17, 15) is 19.2 Å². The lowest BCUT2D eigenvalue weighted by Gasteiger charge is -2.25. The van der Waals surface area contributed by atoms with Gasteiger partial charge in [0, 0.05) is 37.2 Å². The number of thiazole rings is 1. The van der Waals surface area contributed by atoms with E-state index in [0.717, 1.165) is 5.56 Å². The molecule has 45 heavy (non-hydrogen) atoms. The molecule has 3 aromatic heterocycles. The molecule has 1 aromatic carbocycles. The van der Waals surface area contributed by atoms with E-state index in [-0.39, 0.29) is 48.5 Å². The van der Waals surface area contributed by atoms with Crippen molar-refractivity contribution in [3.63, 3.8) is 0 Å². The van der Waals surface area contributed by atoms with Gasteiger partial charge in [0.1, 0.15) is 34.4 Å². The molecule has 13 nitrogen and oxygen atoms in total. The predicted molar refractivity (Wildman–Crippen MR) is 164 cm³/mol. The molecule has 0 aliphatic carbocycles. The molecule has 4 amide bonds. The number of oxazole rings is 1. The number of nitrogens with one attached hydrogen (secondary N) is 3. The number of benzene rings is 1. The van der Waals surface area contributed by atoms with Gasteiger partial charge in [0.05, 0.1) is 19.7 Å². The Morgan fingerprint density at radius 1 is 1.09 bits per heavy atom. The molecule has 4 heterocycles. The number of rotatable bonds is 5. The zero-order valence-corrected chi connectivity index (χ0v) is 25.8. The Morgan fingerprint density at radius 3 is 2.64 bits per heavy atom. The summed E-state index contributed by atoms with van der Waals surface area (Å²) in [5.74, 6) is -1.46. The van der Waals surface area contributed by atoms with Gasteiger partial charge in [-0.1, -0.05) is 44.2 Å². The maximum Gasteiger partial charge on any atom is 0.273 e. The first kappa shape index (κ1) is 31.3. The van der Waals surface area contributed by atoms with Crippen LogP contribution in [0.1, 0.15) is 73.9 Å². The van der Waals surface area contributed by atoms with Crippen molar-refractivity contribution in [1.29, 1.82) is 0 Å². The van der Waals surface area contributed by atoms with Crippen LogP contribution in [0, 0.1) is 5.92 Å². The third-order valence-corrected chi connectivity index (χ3v) is 8.05.